The van der Waals surface area contributed by atoms with Gasteiger partial charge in [0.1, 0.15) is 18.1 Å². The zero-order valence-corrected chi connectivity index (χ0v) is 21.8. The van der Waals surface area contributed by atoms with E-state index < -0.39 is 47.9 Å². The maximum absolute atomic E-state index is 13.1. The van der Waals surface area contributed by atoms with Crippen molar-refractivity contribution in [2.75, 3.05) is 6.54 Å². The predicted octanol–water partition coefficient (Wildman–Crippen LogP) is -0.345. The molecule has 0 bridgehead atoms. The van der Waals surface area contributed by atoms with Crippen LogP contribution in [0, 0.1) is 17.8 Å². The van der Waals surface area contributed by atoms with Crippen LogP contribution in [-0.2, 0) is 19.2 Å². The van der Waals surface area contributed by atoms with Crippen molar-refractivity contribution in [2.45, 2.75) is 91.4 Å². The number of carbonyl (C=O) groups excluding carboxylic acids is 3. The van der Waals surface area contributed by atoms with Crippen molar-refractivity contribution >= 4 is 29.7 Å². The van der Waals surface area contributed by atoms with E-state index in [1.54, 1.807) is 13.8 Å². The number of amides is 3. The average molecular weight is 500 g/mol. The van der Waals surface area contributed by atoms with Crippen LogP contribution in [0.25, 0.3) is 0 Å². The minimum absolute atomic E-state index is 0.0631. The molecule has 35 heavy (non-hydrogen) atoms. The average Bonchev–Trinajstić information content (AvgIpc) is 2.76. The molecule has 12 nitrogen and oxygen atoms in total. The summed E-state index contributed by atoms with van der Waals surface area (Å²) >= 11 is 0. The van der Waals surface area contributed by atoms with Gasteiger partial charge in [-0.05, 0) is 37.0 Å². The molecule has 0 aliphatic carbocycles. The maximum Gasteiger partial charge on any atom is 0.326 e. The normalized spacial score (nSPS) is 15.5. The van der Waals surface area contributed by atoms with E-state index >= 15 is 0 Å². The molecular formula is C23H45N7O5. The highest BCUT2D eigenvalue weighted by atomic mass is 16.4. The number of hydrogen-bond donors (Lipinski definition) is 7. The fraction of sp³-hybridized carbons (Fsp3) is 0.783. The van der Waals surface area contributed by atoms with E-state index in [0.717, 1.165) is 0 Å². The van der Waals surface area contributed by atoms with Crippen LogP contribution in [0.5, 0.6) is 0 Å². The first-order valence-electron chi connectivity index (χ1n) is 12.2. The molecule has 0 rings (SSSR count). The lowest BCUT2D eigenvalue weighted by molar-refractivity contribution is -0.142. The molecule has 0 spiro atoms. The Morgan fingerprint density at radius 2 is 1.46 bits per heavy atom. The van der Waals surface area contributed by atoms with Gasteiger partial charge in [0, 0.05) is 6.54 Å². The second-order valence-corrected chi connectivity index (χ2v) is 9.68. The number of carboxylic acids is 1. The number of nitrogens with two attached hydrogens (primary N) is 3. The van der Waals surface area contributed by atoms with Gasteiger partial charge in [-0.2, -0.15) is 0 Å². The van der Waals surface area contributed by atoms with Gasteiger partial charge in [0.05, 0.1) is 6.04 Å². The molecule has 0 fully saturated rings. The van der Waals surface area contributed by atoms with Crippen LogP contribution < -0.4 is 33.2 Å². The monoisotopic (exact) mass is 499 g/mol. The molecule has 0 saturated heterocycles. The number of aliphatic carboxylic acids is 1. The number of aliphatic imine (C=N–C) groups is 1. The number of carbonyl (C=O) groups is 4. The highest BCUT2D eigenvalue weighted by Gasteiger charge is 2.32. The number of carboxylic acid groups (broad SMARTS) is 1. The topological polar surface area (TPSA) is 215 Å². The Balaban J connectivity index is 5.41. The second-order valence-electron chi connectivity index (χ2n) is 9.68. The van der Waals surface area contributed by atoms with E-state index in [2.05, 4.69) is 20.9 Å². The summed E-state index contributed by atoms with van der Waals surface area (Å²) in [5, 5.41) is 17.4. The first-order chi connectivity index (χ1) is 16.2. The number of hydrogen-bond acceptors (Lipinski definition) is 6. The van der Waals surface area contributed by atoms with Crippen LogP contribution in [0.2, 0.25) is 0 Å². The number of guanidine groups is 1. The smallest absolute Gasteiger partial charge is 0.326 e. The van der Waals surface area contributed by atoms with Gasteiger partial charge in [-0.1, -0.05) is 48.0 Å². The Hall–Kier alpha value is -2.89. The van der Waals surface area contributed by atoms with E-state index in [4.69, 9.17) is 17.2 Å². The van der Waals surface area contributed by atoms with E-state index in [0.29, 0.717) is 19.3 Å². The van der Waals surface area contributed by atoms with Crippen molar-refractivity contribution in [3.05, 3.63) is 0 Å². The number of rotatable bonds is 16. The van der Waals surface area contributed by atoms with Gasteiger partial charge in [-0.25, -0.2) is 4.79 Å². The molecule has 3 amide bonds. The van der Waals surface area contributed by atoms with E-state index in [1.165, 1.54) is 0 Å². The quantitative estimate of drug-likeness (QED) is 0.0844. The van der Waals surface area contributed by atoms with E-state index in [-0.39, 0.29) is 36.7 Å². The standard InChI is InChI=1S/C23H45N7O5/c1-7-14(6)17(24)20(32)29-16(11-12(2)3)19(31)30-18(13(4)5)21(33)28-15(22(34)35)9-8-10-27-23(25)26/h12-18H,7-11,24H2,1-6H3,(H,28,33)(H,29,32)(H,30,31)(H,34,35)(H4,25,26,27). The SMILES string of the molecule is CCC(C)C(N)C(=O)NC(CC(C)C)C(=O)NC(C(=O)NC(CCCN=C(N)N)C(=O)O)C(C)C. The summed E-state index contributed by atoms with van der Waals surface area (Å²) in [7, 11) is 0. The first kappa shape index (κ1) is 32.1. The molecule has 0 aromatic heterocycles. The largest absolute Gasteiger partial charge is 0.480 e. The van der Waals surface area contributed by atoms with Crippen molar-refractivity contribution in [3.63, 3.8) is 0 Å². The lowest BCUT2D eigenvalue weighted by Gasteiger charge is -2.28. The summed E-state index contributed by atoms with van der Waals surface area (Å²) in [5.41, 5.74) is 16.5. The Labute approximate surface area is 208 Å². The third-order valence-corrected chi connectivity index (χ3v) is 5.71. The minimum Gasteiger partial charge on any atom is -0.480 e. The maximum atomic E-state index is 13.1. The molecule has 0 aromatic rings. The molecule has 5 atom stereocenters. The number of nitrogens with one attached hydrogen (secondary N) is 3. The third-order valence-electron chi connectivity index (χ3n) is 5.71. The summed E-state index contributed by atoms with van der Waals surface area (Å²) < 4.78 is 0. The molecule has 0 aliphatic heterocycles. The molecule has 0 heterocycles. The first-order valence-corrected chi connectivity index (χ1v) is 12.2. The highest BCUT2D eigenvalue weighted by Crippen LogP contribution is 2.11. The van der Waals surface area contributed by atoms with Crippen molar-refractivity contribution < 1.29 is 24.3 Å². The number of nitrogens with zero attached hydrogens (tertiary/aromatic N) is 1. The van der Waals surface area contributed by atoms with Crippen LogP contribution in [0.15, 0.2) is 4.99 Å². The molecule has 12 heteroatoms. The molecule has 202 valence electrons. The van der Waals surface area contributed by atoms with Crippen LogP contribution >= 0.6 is 0 Å². The minimum atomic E-state index is -1.21. The summed E-state index contributed by atoms with van der Waals surface area (Å²) in [6.07, 6.45) is 1.50. The summed E-state index contributed by atoms with van der Waals surface area (Å²) in [6.45, 7) is 11.3. The van der Waals surface area contributed by atoms with Crippen LogP contribution in [0.4, 0.5) is 0 Å². The molecule has 0 aliphatic rings. The Morgan fingerprint density at radius 1 is 0.886 bits per heavy atom. The molecule has 5 unspecified atom stereocenters. The van der Waals surface area contributed by atoms with Crippen LogP contribution in [0.3, 0.4) is 0 Å². The van der Waals surface area contributed by atoms with Gasteiger partial charge >= 0.3 is 5.97 Å². The summed E-state index contributed by atoms with van der Waals surface area (Å²) in [5.74, 6) is -3.22. The molecule has 0 aromatic carbocycles. The van der Waals surface area contributed by atoms with Gasteiger partial charge in [-0.3, -0.25) is 19.4 Å². The molecular weight excluding hydrogens is 454 g/mol. The fourth-order valence-corrected chi connectivity index (χ4v) is 3.29. The van der Waals surface area contributed by atoms with Crippen LogP contribution in [-0.4, -0.2) is 65.5 Å². The Bertz CT molecular complexity index is 738. The van der Waals surface area contributed by atoms with Crippen molar-refractivity contribution in [1.29, 1.82) is 0 Å². The molecule has 0 radical (unpaired) electrons. The van der Waals surface area contributed by atoms with Gasteiger partial charge < -0.3 is 38.3 Å². The zero-order chi connectivity index (χ0) is 27.3. The van der Waals surface area contributed by atoms with Gasteiger partial charge in [0.25, 0.3) is 0 Å². The lowest BCUT2D eigenvalue weighted by Crippen LogP contribution is -2.59. The third kappa shape index (κ3) is 12.4. The van der Waals surface area contributed by atoms with Gasteiger partial charge in [-0.15, -0.1) is 0 Å². The van der Waals surface area contributed by atoms with Crippen LogP contribution in [0.1, 0.15) is 67.2 Å². The van der Waals surface area contributed by atoms with E-state index in [9.17, 15) is 24.3 Å². The van der Waals surface area contributed by atoms with E-state index in [1.807, 2.05) is 27.7 Å². The summed E-state index contributed by atoms with van der Waals surface area (Å²) in [4.78, 5) is 54.0. The van der Waals surface area contributed by atoms with Gasteiger partial charge in [0.15, 0.2) is 5.96 Å². The highest BCUT2D eigenvalue weighted by molar-refractivity contribution is 5.94. The van der Waals surface area contributed by atoms with Crippen molar-refractivity contribution in [2.24, 2.45) is 39.9 Å². The molecule has 0 saturated carbocycles. The van der Waals surface area contributed by atoms with Gasteiger partial charge in [0.2, 0.25) is 17.7 Å². The zero-order valence-electron chi connectivity index (χ0n) is 21.8. The van der Waals surface area contributed by atoms with Crippen molar-refractivity contribution in [3.8, 4) is 0 Å². The predicted molar refractivity (Wildman–Crippen MR) is 135 cm³/mol. The fourth-order valence-electron chi connectivity index (χ4n) is 3.29. The van der Waals surface area contributed by atoms with Crippen molar-refractivity contribution in [1.82, 2.24) is 16.0 Å². The molecule has 10 N–H and O–H groups in total. The second kappa shape index (κ2) is 15.9. The lowest BCUT2D eigenvalue weighted by atomic mass is 9.97. The Morgan fingerprint density at radius 3 is 1.91 bits per heavy atom. The summed E-state index contributed by atoms with van der Waals surface area (Å²) in [6, 6.07) is -3.82. The Kier molecular flexibility index (Phi) is 14.6.